The van der Waals surface area contributed by atoms with Gasteiger partial charge in [0.2, 0.25) is 0 Å². The van der Waals surface area contributed by atoms with Crippen molar-refractivity contribution in [3.05, 3.63) is 236 Å². The Bertz CT molecular complexity index is 3100. The number of fused-ring (bicyclic) bond motifs is 3. The van der Waals surface area contributed by atoms with E-state index in [4.69, 9.17) is 9.72 Å². The predicted octanol–water partition coefficient (Wildman–Crippen LogP) is 12.9. The van der Waals surface area contributed by atoms with Crippen LogP contribution in [-0.4, -0.2) is 11.1 Å². The van der Waals surface area contributed by atoms with Gasteiger partial charge in [-0.05, 0) is 111 Å². The van der Waals surface area contributed by atoms with Crippen molar-refractivity contribution in [1.82, 2.24) is 4.98 Å². The van der Waals surface area contributed by atoms with Crippen LogP contribution >= 0.6 is 0 Å². The largest absolute Gasteiger partial charge is 0.484 e. The molecule has 9 aromatic rings. The summed E-state index contributed by atoms with van der Waals surface area (Å²) in [5.41, 5.74) is 15.7. The molecule has 2 N–H and O–H groups in total. The molecule has 0 bridgehead atoms. The van der Waals surface area contributed by atoms with E-state index in [1.807, 2.05) is 12.1 Å². The first-order valence-electron chi connectivity index (χ1n) is 20.8. The fourth-order valence-electron chi connectivity index (χ4n) is 8.81. The van der Waals surface area contributed by atoms with Crippen molar-refractivity contribution in [1.29, 1.82) is 0 Å². The highest BCUT2D eigenvalue weighted by atomic mass is 16.5. The van der Waals surface area contributed by atoms with E-state index in [0.717, 1.165) is 84.4 Å². The lowest BCUT2D eigenvalue weighted by Crippen LogP contribution is -2.34. The van der Waals surface area contributed by atoms with Gasteiger partial charge in [0, 0.05) is 11.1 Å². The van der Waals surface area contributed by atoms with Gasteiger partial charge in [0.15, 0.2) is 0 Å². The van der Waals surface area contributed by atoms with Gasteiger partial charge in [-0.1, -0.05) is 164 Å². The molecule has 1 aliphatic heterocycles. The fourth-order valence-corrected chi connectivity index (χ4v) is 8.81. The molecule has 2 unspecified atom stereocenters. The topological polar surface area (TPSA) is 50.4 Å². The molecule has 1 aromatic heterocycles. The van der Waals surface area contributed by atoms with Crippen molar-refractivity contribution in [3.63, 3.8) is 0 Å². The number of nitrogens with one attached hydrogen (secondary N) is 2. The Morgan fingerprint density at radius 2 is 0.836 bits per heavy atom. The Balaban J connectivity index is 1.08. The first-order valence-corrected chi connectivity index (χ1v) is 20.8. The Labute approximate surface area is 355 Å². The zero-order chi connectivity index (χ0) is 40.5. The minimum absolute atomic E-state index is 0.102. The molecule has 0 amide bonds. The van der Waals surface area contributed by atoms with E-state index in [0.29, 0.717) is 0 Å². The minimum Gasteiger partial charge on any atom is -0.484 e. The molecular formula is C57H41N3O+2. The molecule has 288 valence electrons. The van der Waals surface area contributed by atoms with E-state index in [1.165, 1.54) is 16.7 Å². The van der Waals surface area contributed by atoms with Gasteiger partial charge < -0.3 is 4.74 Å². The third-order valence-corrected chi connectivity index (χ3v) is 11.8. The highest BCUT2D eigenvalue weighted by Crippen LogP contribution is 2.52. The second-order valence-electron chi connectivity index (χ2n) is 15.6. The van der Waals surface area contributed by atoms with Crippen LogP contribution in [0.5, 0.6) is 5.75 Å². The lowest BCUT2D eigenvalue weighted by molar-refractivity contribution is -0.529. The van der Waals surface area contributed by atoms with E-state index in [-0.39, 0.29) is 12.0 Å². The number of benzene rings is 8. The third-order valence-electron chi connectivity index (χ3n) is 11.8. The van der Waals surface area contributed by atoms with E-state index in [1.54, 1.807) is 0 Å². The molecule has 0 radical (unpaired) electrons. The lowest BCUT2D eigenvalue weighted by atomic mass is 9.82. The lowest BCUT2D eigenvalue weighted by Gasteiger charge is -2.19. The van der Waals surface area contributed by atoms with Crippen molar-refractivity contribution in [2.24, 2.45) is 0 Å². The van der Waals surface area contributed by atoms with Gasteiger partial charge in [-0.2, -0.15) is 9.97 Å². The molecule has 0 fully saturated rings. The van der Waals surface area contributed by atoms with E-state index in [9.17, 15) is 0 Å². The molecule has 2 aliphatic rings. The van der Waals surface area contributed by atoms with Crippen LogP contribution in [0, 0.1) is 0 Å². The summed E-state index contributed by atoms with van der Waals surface area (Å²) < 4.78 is 7.10. The zero-order valence-corrected chi connectivity index (χ0v) is 33.4. The number of hydrogen-bond donors (Lipinski definition) is 0. The quantitative estimate of drug-likeness (QED) is 0.154. The summed E-state index contributed by atoms with van der Waals surface area (Å²) in [5, 5.41) is 0. The SMILES string of the molecule is C1=CC2Oc3c(-c4cccc(-c5ccccc5)c4)cc(-c4cccc(-c5ccccc5)c4)cc3C2C(c2[nH+]c(-c3ccccc3)nc(-c3cccc(-c4ccccc4)c3)[nH+]2)=C1. The van der Waals surface area contributed by atoms with Gasteiger partial charge in [-0.15, -0.1) is 0 Å². The van der Waals surface area contributed by atoms with Crippen LogP contribution in [0.15, 0.2) is 224 Å². The maximum Gasteiger partial charge on any atom is 0.400 e. The van der Waals surface area contributed by atoms with Gasteiger partial charge in [0.25, 0.3) is 0 Å². The summed E-state index contributed by atoms with van der Waals surface area (Å²) in [6, 6.07) is 73.0. The molecule has 2 heterocycles. The van der Waals surface area contributed by atoms with Crippen molar-refractivity contribution in [3.8, 4) is 84.2 Å². The summed E-state index contributed by atoms with van der Waals surface area (Å²) in [4.78, 5) is 12.8. The molecule has 4 heteroatoms. The Hall–Kier alpha value is -7.95. The van der Waals surface area contributed by atoms with Crippen LogP contribution in [0.4, 0.5) is 0 Å². The standard InChI is InChI=1S/C57H39N3O/c1-5-17-38(18-6-1)42-25-13-28-45(33-42)48-36-50(46-29-14-26-43(34-46)39-19-7-2-8-20-39)54-51(37-48)53-49(31-16-32-52(53)61-54)57-59-55(41-23-11-4-12-24-41)58-56(60-57)47-30-15-27-44(35-47)40-21-9-3-10-22-40/h1-37,52-53H/p+2. The zero-order valence-electron chi connectivity index (χ0n) is 33.4. The maximum absolute atomic E-state index is 7.10. The smallest absolute Gasteiger partial charge is 0.400 e. The van der Waals surface area contributed by atoms with Crippen LogP contribution in [0.1, 0.15) is 17.3 Å². The molecule has 11 rings (SSSR count). The molecule has 0 spiro atoms. The van der Waals surface area contributed by atoms with Crippen LogP contribution in [0.3, 0.4) is 0 Å². The number of H-pyrrole nitrogens is 2. The molecule has 4 nitrogen and oxygen atoms in total. The van der Waals surface area contributed by atoms with E-state index in [2.05, 4.69) is 222 Å². The second-order valence-corrected chi connectivity index (χ2v) is 15.6. The summed E-state index contributed by atoms with van der Waals surface area (Å²) in [7, 11) is 0. The van der Waals surface area contributed by atoms with Crippen LogP contribution < -0.4 is 14.7 Å². The van der Waals surface area contributed by atoms with Gasteiger partial charge >= 0.3 is 17.5 Å². The number of nitrogens with zero attached hydrogens (tertiary/aromatic N) is 1. The van der Waals surface area contributed by atoms with Crippen molar-refractivity contribution >= 4 is 5.57 Å². The molecule has 0 saturated carbocycles. The second kappa shape index (κ2) is 15.7. The number of aromatic nitrogens is 3. The fraction of sp³-hybridized carbons (Fsp3) is 0.0351. The van der Waals surface area contributed by atoms with Crippen LogP contribution in [0.25, 0.3) is 84.0 Å². The average Bonchev–Trinajstić information content (AvgIpc) is 3.74. The molecule has 0 saturated heterocycles. The van der Waals surface area contributed by atoms with Gasteiger partial charge in [0.05, 0.1) is 27.6 Å². The number of hydrogen-bond acceptors (Lipinski definition) is 2. The average molecular weight is 784 g/mol. The summed E-state index contributed by atoms with van der Waals surface area (Å²) in [6.07, 6.45) is 6.33. The third kappa shape index (κ3) is 7.04. The molecule has 2 atom stereocenters. The molecule has 8 aromatic carbocycles. The van der Waals surface area contributed by atoms with Crippen molar-refractivity contribution in [2.75, 3.05) is 0 Å². The highest BCUT2D eigenvalue weighted by molar-refractivity contribution is 5.87. The van der Waals surface area contributed by atoms with Gasteiger partial charge in [0.1, 0.15) is 11.9 Å². The van der Waals surface area contributed by atoms with Gasteiger partial charge in [-0.3, -0.25) is 0 Å². The monoisotopic (exact) mass is 783 g/mol. The molecule has 61 heavy (non-hydrogen) atoms. The molecule has 1 aliphatic carbocycles. The van der Waals surface area contributed by atoms with Crippen molar-refractivity contribution in [2.45, 2.75) is 12.0 Å². The number of aromatic amines is 2. The van der Waals surface area contributed by atoms with Crippen LogP contribution in [-0.2, 0) is 0 Å². The first-order chi connectivity index (χ1) is 30.2. The highest BCUT2D eigenvalue weighted by Gasteiger charge is 2.43. The first kappa shape index (κ1) is 36.2. The van der Waals surface area contributed by atoms with Crippen molar-refractivity contribution < 1.29 is 14.7 Å². The normalized spacial score (nSPS) is 15.0. The van der Waals surface area contributed by atoms with Gasteiger partial charge in [-0.25, -0.2) is 0 Å². The maximum atomic E-state index is 7.10. The number of allylic oxidation sites excluding steroid dienone is 2. The number of ether oxygens (including phenoxy) is 1. The Morgan fingerprint density at radius 1 is 0.393 bits per heavy atom. The predicted molar refractivity (Wildman–Crippen MR) is 246 cm³/mol. The summed E-state index contributed by atoms with van der Waals surface area (Å²) >= 11 is 0. The Kier molecular flexibility index (Phi) is 9.29. The van der Waals surface area contributed by atoms with E-state index < -0.39 is 0 Å². The van der Waals surface area contributed by atoms with Crippen LogP contribution in [0.2, 0.25) is 0 Å². The Morgan fingerprint density at radius 3 is 1.41 bits per heavy atom. The number of rotatable bonds is 8. The molecular weight excluding hydrogens is 743 g/mol. The summed E-state index contributed by atoms with van der Waals surface area (Å²) in [6.45, 7) is 0. The minimum atomic E-state index is -0.211. The summed E-state index contributed by atoms with van der Waals surface area (Å²) in [5.74, 6) is 3.25. The van der Waals surface area contributed by atoms with E-state index >= 15 is 0 Å².